The first-order valence-corrected chi connectivity index (χ1v) is 6.17. The van der Waals surface area contributed by atoms with Crippen LogP contribution in [0.15, 0.2) is 0 Å². The van der Waals surface area contributed by atoms with Crippen molar-refractivity contribution < 1.29 is 8.42 Å². The second kappa shape index (κ2) is 5.57. The van der Waals surface area contributed by atoms with Gasteiger partial charge in [0.25, 0.3) is 0 Å². The van der Waals surface area contributed by atoms with E-state index in [1.807, 2.05) is 32.8 Å². The Labute approximate surface area is 81.4 Å². The highest BCUT2D eigenvalue weighted by Crippen LogP contribution is 1.93. The Balaban J connectivity index is 3.97. The smallest absolute Gasteiger partial charge is 0.211 e. The number of hydrogen-bond acceptors (Lipinski definition) is 3. The summed E-state index contributed by atoms with van der Waals surface area (Å²) in [7, 11) is 0.789. The van der Waals surface area contributed by atoms with Crippen molar-refractivity contribution in [1.82, 2.24) is 9.62 Å². The summed E-state index contributed by atoms with van der Waals surface area (Å²) in [5, 5.41) is 0. The molecule has 0 aliphatic carbocycles. The average Bonchev–Trinajstić information content (AvgIpc) is 1.81. The maximum absolute atomic E-state index is 11.3. The molecule has 0 rings (SSSR count). The lowest BCUT2D eigenvalue weighted by atomic mass is 10.3. The first-order valence-electron chi connectivity index (χ1n) is 4.52. The zero-order valence-corrected chi connectivity index (χ0v) is 9.69. The Morgan fingerprint density at radius 1 is 1.38 bits per heavy atom. The molecule has 0 aromatic carbocycles. The molecule has 1 unspecified atom stereocenters. The first kappa shape index (κ1) is 12.9. The normalized spacial score (nSPS) is 14.8. The molecule has 80 valence electrons. The van der Waals surface area contributed by atoms with Gasteiger partial charge in [-0.2, -0.15) is 0 Å². The minimum atomic E-state index is -3.05. The molecule has 0 fully saturated rings. The maximum atomic E-state index is 11.3. The molecule has 0 aliphatic rings. The Morgan fingerprint density at radius 2 is 1.92 bits per heavy atom. The molecule has 1 N–H and O–H groups in total. The quantitative estimate of drug-likeness (QED) is 0.681. The van der Waals surface area contributed by atoms with Crippen molar-refractivity contribution in [3.05, 3.63) is 0 Å². The van der Waals surface area contributed by atoms with Crippen molar-refractivity contribution in [3.63, 3.8) is 0 Å². The lowest BCUT2D eigenvalue weighted by Gasteiger charge is -2.17. The van der Waals surface area contributed by atoms with Gasteiger partial charge in [0.1, 0.15) is 0 Å². The molecule has 0 radical (unpaired) electrons. The molecular formula is C8H20N2O2S. The lowest BCUT2D eigenvalue weighted by molar-refractivity contribution is 0.370. The van der Waals surface area contributed by atoms with E-state index in [9.17, 15) is 8.42 Å². The van der Waals surface area contributed by atoms with Crippen LogP contribution in [0.1, 0.15) is 20.3 Å². The molecule has 0 heterocycles. The second-order valence-corrected chi connectivity index (χ2v) is 5.47. The van der Waals surface area contributed by atoms with E-state index in [0.29, 0.717) is 6.42 Å². The van der Waals surface area contributed by atoms with Gasteiger partial charge >= 0.3 is 0 Å². The highest BCUT2D eigenvalue weighted by molar-refractivity contribution is 7.89. The summed E-state index contributed by atoms with van der Waals surface area (Å²) in [4.78, 5) is 1.96. The standard InChI is InChI=1S/C8H20N2O2S/c1-5-6-13(11,12)9-8(2)7-10(3)4/h8-9H,5-7H2,1-4H3. The van der Waals surface area contributed by atoms with Gasteiger partial charge in [0.15, 0.2) is 0 Å². The van der Waals surface area contributed by atoms with Gasteiger partial charge in [-0.05, 0) is 27.4 Å². The Hall–Kier alpha value is -0.130. The Kier molecular flexibility index (Phi) is 5.51. The zero-order valence-electron chi connectivity index (χ0n) is 8.87. The van der Waals surface area contributed by atoms with Gasteiger partial charge in [-0.15, -0.1) is 0 Å². The van der Waals surface area contributed by atoms with Crippen LogP contribution < -0.4 is 4.72 Å². The van der Waals surface area contributed by atoms with E-state index in [-0.39, 0.29) is 11.8 Å². The summed E-state index contributed by atoms with van der Waals surface area (Å²) < 4.78 is 25.2. The Morgan fingerprint density at radius 3 is 2.31 bits per heavy atom. The third-order valence-corrected chi connectivity index (χ3v) is 3.20. The fraction of sp³-hybridized carbons (Fsp3) is 1.00. The molecule has 0 aromatic heterocycles. The van der Waals surface area contributed by atoms with Crippen LogP contribution in [-0.2, 0) is 10.0 Å². The summed E-state index contributed by atoms with van der Waals surface area (Å²) in [6, 6.07) is -0.0217. The molecule has 5 heteroatoms. The number of likely N-dealkylation sites (N-methyl/N-ethyl adjacent to an activating group) is 1. The topological polar surface area (TPSA) is 49.4 Å². The van der Waals surface area contributed by atoms with Crippen molar-refractivity contribution >= 4 is 10.0 Å². The van der Waals surface area contributed by atoms with E-state index in [0.717, 1.165) is 6.54 Å². The van der Waals surface area contributed by atoms with Crippen molar-refractivity contribution in [3.8, 4) is 0 Å². The number of nitrogens with zero attached hydrogens (tertiary/aromatic N) is 1. The highest BCUT2D eigenvalue weighted by atomic mass is 32.2. The van der Waals surface area contributed by atoms with Gasteiger partial charge in [-0.25, -0.2) is 13.1 Å². The minimum Gasteiger partial charge on any atom is -0.308 e. The third-order valence-electron chi connectivity index (χ3n) is 1.49. The zero-order chi connectivity index (χ0) is 10.5. The number of nitrogens with one attached hydrogen (secondary N) is 1. The van der Waals surface area contributed by atoms with E-state index in [1.165, 1.54) is 0 Å². The molecule has 1 atom stereocenters. The van der Waals surface area contributed by atoms with Gasteiger partial charge in [0, 0.05) is 12.6 Å². The summed E-state index contributed by atoms with van der Waals surface area (Å²) in [5.41, 5.74) is 0. The molecule has 0 aromatic rings. The predicted octanol–water partition coefficient (Wildman–Crippen LogP) is 0.266. The van der Waals surface area contributed by atoms with Crippen molar-refractivity contribution in [2.75, 3.05) is 26.4 Å². The first-order chi connectivity index (χ1) is 5.87. The molecule has 4 nitrogen and oxygen atoms in total. The van der Waals surface area contributed by atoms with Crippen LogP contribution in [0.3, 0.4) is 0 Å². The monoisotopic (exact) mass is 208 g/mol. The molecule has 0 amide bonds. The summed E-state index contributed by atoms with van der Waals surface area (Å²) in [5.74, 6) is 0.213. The van der Waals surface area contributed by atoms with Crippen molar-refractivity contribution in [2.45, 2.75) is 26.3 Å². The molecule has 0 aliphatic heterocycles. The van der Waals surface area contributed by atoms with Gasteiger partial charge in [-0.1, -0.05) is 6.92 Å². The fourth-order valence-corrected chi connectivity index (χ4v) is 2.56. The number of hydrogen-bond donors (Lipinski definition) is 1. The molecule has 0 spiro atoms. The largest absolute Gasteiger partial charge is 0.308 e. The second-order valence-electron chi connectivity index (χ2n) is 3.60. The van der Waals surface area contributed by atoms with E-state index in [1.54, 1.807) is 0 Å². The van der Waals surface area contributed by atoms with Crippen molar-refractivity contribution in [2.24, 2.45) is 0 Å². The molecule has 0 saturated heterocycles. The van der Waals surface area contributed by atoms with E-state index in [2.05, 4.69) is 4.72 Å². The lowest BCUT2D eigenvalue weighted by Crippen LogP contribution is -2.40. The SMILES string of the molecule is CCCS(=O)(=O)NC(C)CN(C)C. The molecular weight excluding hydrogens is 188 g/mol. The van der Waals surface area contributed by atoms with Gasteiger partial charge < -0.3 is 4.90 Å². The minimum absolute atomic E-state index is 0.0217. The summed E-state index contributed by atoms with van der Waals surface area (Å²) >= 11 is 0. The number of rotatable bonds is 6. The molecule has 0 saturated carbocycles. The van der Waals surface area contributed by atoms with Crippen LogP contribution >= 0.6 is 0 Å². The predicted molar refractivity (Wildman–Crippen MR) is 55.2 cm³/mol. The molecule has 13 heavy (non-hydrogen) atoms. The van der Waals surface area contributed by atoms with Gasteiger partial charge in [0.2, 0.25) is 10.0 Å². The fourth-order valence-electron chi connectivity index (χ4n) is 1.22. The molecule has 0 bridgehead atoms. The average molecular weight is 208 g/mol. The summed E-state index contributed by atoms with van der Waals surface area (Å²) in [6.45, 7) is 4.45. The number of sulfonamides is 1. The van der Waals surface area contributed by atoms with E-state index in [4.69, 9.17) is 0 Å². The third kappa shape index (κ3) is 6.98. The van der Waals surface area contributed by atoms with E-state index < -0.39 is 10.0 Å². The maximum Gasteiger partial charge on any atom is 0.211 e. The van der Waals surface area contributed by atoms with Crippen LogP contribution in [0.2, 0.25) is 0 Å². The van der Waals surface area contributed by atoms with Crippen LogP contribution in [0.5, 0.6) is 0 Å². The van der Waals surface area contributed by atoms with Gasteiger partial charge in [-0.3, -0.25) is 0 Å². The van der Waals surface area contributed by atoms with Gasteiger partial charge in [0.05, 0.1) is 5.75 Å². The van der Waals surface area contributed by atoms with Crippen LogP contribution in [-0.4, -0.2) is 45.8 Å². The Bertz CT molecular complexity index is 224. The summed E-state index contributed by atoms with van der Waals surface area (Å²) in [6.07, 6.45) is 0.657. The van der Waals surface area contributed by atoms with Crippen LogP contribution in [0.4, 0.5) is 0 Å². The highest BCUT2D eigenvalue weighted by Gasteiger charge is 2.13. The van der Waals surface area contributed by atoms with Crippen LogP contribution in [0.25, 0.3) is 0 Å². The van der Waals surface area contributed by atoms with Crippen molar-refractivity contribution in [1.29, 1.82) is 0 Å². The van der Waals surface area contributed by atoms with Crippen LogP contribution in [0, 0.1) is 0 Å². The van der Waals surface area contributed by atoms with E-state index >= 15 is 0 Å².